The van der Waals surface area contributed by atoms with Crippen molar-refractivity contribution in [3.63, 3.8) is 0 Å². The van der Waals surface area contributed by atoms with Crippen LogP contribution in [0.4, 0.5) is 8.78 Å². The first-order chi connectivity index (χ1) is 13.5. The second-order valence-corrected chi connectivity index (χ2v) is 5.75. The highest BCUT2D eigenvalue weighted by Gasteiger charge is 2.12. The van der Waals surface area contributed by atoms with E-state index in [4.69, 9.17) is 9.47 Å². The predicted molar refractivity (Wildman–Crippen MR) is 120 cm³/mol. The summed E-state index contributed by atoms with van der Waals surface area (Å²) in [6.07, 6.45) is 0. The number of aliphatic imine (C=N–C) groups is 1. The Morgan fingerprint density at radius 2 is 1.66 bits per heavy atom. The van der Waals surface area contributed by atoms with Crippen molar-refractivity contribution in [1.29, 1.82) is 0 Å². The van der Waals surface area contributed by atoms with E-state index in [9.17, 15) is 8.78 Å². The van der Waals surface area contributed by atoms with Gasteiger partial charge in [0.15, 0.2) is 5.96 Å². The molecule has 2 rings (SSSR count). The average molecular weight is 521 g/mol. The Bertz CT molecular complexity index is 774. The Morgan fingerprint density at radius 3 is 2.24 bits per heavy atom. The van der Waals surface area contributed by atoms with Crippen molar-refractivity contribution in [2.24, 2.45) is 4.99 Å². The standard InChI is InChI=1S/C20H25F2N3O3.HI/c1-4-23-20(24-12-14-5-8-16(26-2)9-6-14)25-13-15-7-10-17(27-3)11-18(15)28-19(21)22;/h5-11,19H,4,12-13H2,1-3H3,(H2,23,24,25);1H. The third-order valence-corrected chi connectivity index (χ3v) is 3.86. The summed E-state index contributed by atoms with van der Waals surface area (Å²) in [5.41, 5.74) is 1.58. The molecule has 0 atom stereocenters. The Morgan fingerprint density at radius 1 is 1.00 bits per heavy atom. The lowest BCUT2D eigenvalue weighted by Gasteiger charge is -2.15. The van der Waals surface area contributed by atoms with Gasteiger partial charge in [0.2, 0.25) is 0 Å². The van der Waals surface area contributed by atoms with Gasteiger partial charge in [-0.15, -0.1) is 24.0 Å². The van der Waals surface area contributed by atoms with Crippen LogP contribution in [0.15, 0.2) is 47.5 Å². The summed E-state index contributed by atoms with van der Waals surface area (Å²) in [6, 6.07) is 12.4. The van der Waals surface area contributed by atoms with Crippen molar-refractivity contribution in [1.82, 2.24) is 10.6 Å². The Labute approximate surface area is 186 Å². The lowest BCUT2D eigenvalue weighted by atomic mass is 10.2. The molecule has 2 N–H and O–H groups in total. The second kappa shape index (κ2) is 13.0. The van der Waals surface area contributed by atoms with Crippen molar-refractivity contribution < 1.29 is 23.0 Å². The minimum Gasteiger partial charge on any atom is -0.497 e. The number of alkyl halides is 2. The molecule has 0 saturated carbocycles. The fraction of sp³-hybridized carbons (Fsp3) is 0.350. The van der Waals surface area contributed by atoms with E-state index in [1.165, 1.54) is 13.2 Å². The number of guanidine groups is 1. The number of hydrogen-bond acceptors (Lipinski definition) is 4. The van der Waals surface area contributed by atoms with Crippen LogP contribution in [-0.4, -0.2) is 33.3 Å². The fourth-order valence-corrected chi connectivity index (χ4v) is 2.44. The molecule has 0 aliphatic heterocycles. The maximum atomic E-state index is 12.7. The van der Waals surface area contributed by atoms with Crippen molar-refractivity contribution in [3.05, 3.63) is 53.6 Å². The highest BCUT2D eigenvalue weighted by molar-refractivity contribution is 14.0. The average Bonchev–Trinajstić information content (AvgIpc) is 2.70. The summed E-state index contributed by atoms with van der Waals surface area (Å²) in [4.78, 5) is 4.52. The van der Waals surface area contributed by atoms with Crippen LogP contribution in [0.2, 0.25) is 0 Å². The summed E-state index contributed by atoms with van der Waals surface area (Å²) < 4.78 is 40.2. The van der Waals surface area contributed by atoms with Gasteiger partial charge in [-0.25, -0.2) is 4.99 Å². The number of methoxy groups -OCH3 is 2. The number of rotatable bonds is 9. The maximum Gasteiger partial charge on any atom is 0.387 e. The normalized spacial score (nSPS) is 10.9. The summed E-state index contributed by atoms with van der Waals surface area (Å²) in [5, 5.41) is 6.26. The third-order valence-electron chi connectivity index (χ3n) is 3.86. The van der Waals surface area contributed by atoms with Gasteiger partial charge in [-0.05, 0) is 36.8 Å². The number of halogens is 3. The Kier molecular flexibility index (Phi) is 11.1. The van der Waals surface area contributed by atoms with E-state index >= 15 is 0 Å². The number of ether oxygens (including phenoxy) is 3. The van der Waals surface area contributed by atoms with E-state index in [0.717, 1.165) is 11.3 Å². The zero-order valence-corrected chi connectivity index (χ0v) is 18.9. The lowest BCUT2D eigenvalue weighted by molar-refractivity contribution is -0.0505. The Balaban J connectivity index is 0.00000420. The molecular weight excluding hydrogens is 495 g/mol. The molecule has 0 heterocycles. The van der Waals surface area contributed by atoms with Gasteiger partial charge in [-0.3, -0.25) is 0 Å². The van der Waals surface area contributed by atoms with Crippen LogP contribution in [0.5, 0.6) is 17.2 Å². The van der Waals surface area contributed by atoms with Gasteiger partial charge in [0.25, 0.3) is 0 Å². The summed E-state index contributed by atoms with van der Waals surface area (Å²) in [7, 11) is 3.08. The van der Waals surface area contributed by atoms with E-state index < -0.39 is 6.61 Å². The van der Waals surface area contributed by atoms with Gasteiger partial charge < -0.3 is 24.8 Å². The topological polar surface area (TPSA) is 64.1 Å². The van der Waals surface area contributed by atoms with Crippen LogP contribution in [0.3, 0.4) is 0 Å². The summed E-state index contributed by atoms with van der Waals surface area (Å²) >= 11 is 0. The van der Waals surface area contributed by atoms with Gasteiger partial charge in [-0.1, -0.05) is 12.1 Å². The molecule has 0 saturated heterocycles. The largest absolute Gasteiger partial charge is 0.497 e. The van der Waals surface area contributed by atoms with E-state index in [2.05, 4.69) is 20.4 Å². The first-order valence-electron chi connectivity index (χ1n) is 8.82. The van der Waals surface area contributed by atoms with Crippen molar-refractivity contribution in [2.75, 3.05) is 20.8 Å². The minimum absolute atomic E-state index is 0. The number of nitrogens with zero attached hydrogens (tertiary/aromatic N) is 1. The van der Waals surface area contributed by atoms with Crippen LogP contribution in [-0.2, 0) is 13.1 Å². The zero-order valence-electron chi connectivity index (χ0n) is 16.6. The molecule has 0 amide bonds. The molecule has 2 aromatic rings. The molecule has 0 fully saturated rings. The summed E-state index contributed by atoms with van der Waals surface area (Å²) in [6.45, 7) is 0.423. The van der Waals surface area contributed by atoms with Gasteiger partial charge >= 0.3 is 6.61 Å². The molecule has 0 unspecified atom stereocenters. The summed E-state index contributed by atoms with van der Waals surface area (Å²) in [5.74, 6) is 1.85. The van der Waals surface area contributed by atoms with E-state index in [0.29, 0.717) is 30.4 Å². The number of benzene rings is 2. The molecule has 0 radical (unpaired) electrons. The molecule has 0 aliphatic carbocycles. The third kappa shape index (κ3) is 8.30. The SMILES string of the molecule is CCNC(=NCc1ccc(OC)cc1)NCc1ccc(OC)cc1OC(F)F.I. The molecule has 160 valence electrons. The van der Waals surface area contributed by atoms with E-state index in [-0.39, 0.29) is 36.3 Å². The molecular formula is C20H26F2IN3O3. The molecule has 2 aromatic carbocycles. The van der Waals surface area contributed by atoms with E-state index in [1.54, 1.807) is 19.2 Å². The first kappa shape index (κ1) is 24.7. The van der Waals surface area contributed by atoms with E-state index in [1.807, 2.05) is 31.2 Å². The van der Waals surface area contributed by atoms with Crippen molar-refractivity contribution in [2.45, 2.75) is 26.6 Å². The first-order valence-corrected chi connectivity index (χ1v) is 8.82. The van der Waals surface area contributed by atoms with Gasteiger partial charge in [0.05, 0.1) is 20.8 Å². The molecule has 9 heteroatoms. The van der Waals surface area contributed by atoms with Crippen LogP contribution in [0, 0.1) is 0 Å². The van der Waals surface area contributed by atoms with Crippen LogP contribution in [0.1, 0.15) is 18.1 Å². The number of hydrogen-bond donors (Lipinski definition) is 2. The quantitative estimate of drug-likeness (QED) is 0.295. The maximum absolute atomic E-state index is 12.7. The van der Waals surface area contributed by atoms with Crippen LogP contribution >= 0.6 is 24.0 Å². The van der Waals surface area contributed by atoms with Gasteiger partial charge in [0.1, 0.15) is 17.2 Å². The molecule has 0 aromatic heterocycles. The van der Waals surface area contributed by atoms with Crippen molar-refractivity contribution in [3.8, 4) is 17.2 Å². The fourth-order valence-electron chi connectivity index (χ4n) is 2.44. The molecule has 6 nitrogen and oxygen atoms in total. The molecule has 0 spiro atoms. The molecule has 0 bridgehead atoms. The highest BCUT2D eigenvalue weighted by Crippen LogP contribution is 2.26. The molecule has 29 heavy (non-hydrogen) atoms. The monoisotopic (exact) mass is 521 g/mol. The lowest BCUT2D eigenvalue weighted by Crippen LogP contribution is -2.36. The highest BCUT2D eigenvalue weighted by atomic mass is 127. The van der Waals surface area contributed by atoms with Gasteiger partial charge in [0, 0.05) is 24.7 Å². The Hall–Kier alpha value is -2.30. The number of nitrogens with one attached hydrogen (secondary N) is 2. The smallest absolute Gasteiger partial charge is 0.387 e. The zero-order chi connectivity index (χ0) is 20.4. The van der Waals surface area contributed by atoms with Crippen LogP contribution < -0.4 is 24.8 Å². The van der Waals surface area contributed by atoms with Crippen molar-refractivity contribution >= 4 is 29.9 Å². The molecule has 0 aliphatic rings. The van der Waals surface area contributed by atoms with Crippen LogP contribution in [0.25, 0.3) is 0 Å². The van der Waals surface area contributed by atoms with Gasteiger partial charge in [-0.2, -0.15) is 8.78 Å². The predicted octanol–water partition coefficient (Wildman–Crippen LogP) is 4.18. The minimum atomic E-state index is -2.91. The second-order valence-electron chi connectivity index (χ2n) is 5.75.